The van der Waals surface area contributed by atoms with Crippen molar-refractivity contribution >= 4 is 11.9 Å². The minimum absolute atomic E-state index is 0.0284. The Balaban J connectivity index is 1.66. The Morgan fingerprint density at radius 1 is 1.10 bits per heavy atom. The van der Waals surface area contributed by atoms with Crippen molar-refractivity contribution in [3.05, 3.63) is 65.2 Å². The zero-order chi connectivity index (χ0) is 20.6. The van der Waals surface area contributed by atoms with Gasteiger partial charge in [0.1, 0.15) is 12.4 Å². The van der Waals surface area contributed by atoms with Gasteiger partial charge in [0.15, 0.2) is 0 Å². The number of carbonyl (C=O) groups is 2. The number of carboxylic acid groups (broad SMARTS) is 1. The molecule has 1 aliphatic rings. The molecule has 0 aromatic heterocycles. The molecule has 6 heteroatoms. The summed E-state index contributed by atoms with van der Waals surface area (Å²) in [6, 6.07) is 14.2. The van der Waals surface area contributed by atoms with Crippen LogP contribution >= 0.6 is 0 Å². The Hall–Kier alpha value is -2.86. The van der Waals surface area contributed by atoms with Crippen LogP contribution in [0.1, 0.15) is 52.0 Å². The minimum Gasteiger partial charge on any atom is -0.491 e. The summed E-state index contributed by atoms with van der Waals surface area (Å²) in [4.78, 5) is 26.1. The van der Waals surface area contributed by atoms with Crippen LogP contribution in [0.25, 0.3) is 0 Å². The van der Waals surface area contributed by atoms with E-state index in [-0.39, 0.29) is 17.4 Å². The van der Waals surface area contributed by atoms with E-state index in [4.69, 9.17) is 9.47 Å². The summed E-state index contributed by atoms with van der Waals surface area (Å²) in [5.41, 5.74) is 1.84. The second kappa shape index (κ2) is 10.1. The number of hydrogen-bond acceptors (Lipinski definition) is 4. The topological polar surface area (TPSA) is 76.1 Å². The molecule has 1 heterocycles. The number of hydrogen-bond donors (Lipinski definition) is 1. The van der Waals surface area contributed by atoms with Crippen molar-refractivity contribution in [3.8, 4) is 5.75 Å². The molecule has 3 rings (SSSR count). The molecule has 0 saturated carbocycles. The van der Waals surface area contributed by atoms with Crippen LogP contribution in [-0.4, -0.2) is 54.8 Å². The van der Waals surface area contributed by atoms with E-state index in [0.717, 1.165) is 18.4 Å². The number of carbonyl (C=O) groups excluding carboxylic acids is 1. The van der Waals surface area contributed by atoms with Crippen molar-refractivity contribution < 1.29 is 24.2 Å². The van der Waals surface area contributed by atoms with Gasteiger partial charge in [0.25, 0.3) is 5.91 Å². The fourth-order valence-electron chi connectivity index (χ4n) is 3.62. The number of amides is 1. The second-order valence-corrected chi connectivity index (χ2v) is 7.09. The quantitative estimate of drug-likeness (QED) is 0.686. The van der Waals surface area contributed by atoms with Crippen molar-refractivity contribution in [2.45, 2.75) is 25.7 Å². The Morgan fingerprint density at radius 2 is 1.90 bits per heavy atom. The molecular weight excluding hydrogens is 370 g/mol. The van der Waals surface area contributed by atoms with Crippen LogP contribution in [0.2, 0.25) is 0 Å². The lowest BCUT2D eigenvalue weighted by atomic mass is 9.89. The maximum absolute atomic E-state index is 13.0. The first-order valence-corrected chi connectivity index (χ1v) is 10.0. The number of carboxylic acids is 1. The summed E-state index contributed by atoms with van der Waals surface area (Å²) in [7, 11) is 0. The summed E-state index contributed by atoms with van der Waals surface area (Å²) >= 11 is 0. The predicted octanol–water partition coefficient (Wildman–Crippen LogP) is 3.82. The Bertz CT molecular complexity index is 851. The molecule has 29 heavy (non-hydrogen) atoms. The maximum atomic E-state index is 13.0. The lowest BCUT2D eigenvalue weighted by molar-refractivity contribution is 0.0687. The normalized spacial score (nSPS) is 16.4. The number of aromatic carboxylic acids is 1. The monoisotopic (exact) mass is 397 g/mol. The molecule has 1 N–H and O–H groups in total. The van der Waals surface area contributed by atoms with E-state index >= 15 is 0 Å². The van der Waals surface area contributed by atoms with Gasteiger partial charge in [0.2, 0.25) is 0 Å². The van der Waals surface area contributed by atoms with Crippen molar-refractivity contribution in [3.63, 3.8) is 0 Å². The van der Waals surface area contributed by atoms with Crippen molar-refractivity contribution in [2.75, 3.05) is 32.9 Å². The first-order valence-electron chi connectivity index (χ1n) is 10.0. The summed E-state index contributed by atoms with van der Waals surface area (Å²) in [6.45, 7) is 4.81. The van der Waals surface area contributed by atoms with Crippen molar-refractivity contribution in [2.24, 2.45) is 0 Å². The highest BCUT2D eigenvalue weighted by atomic mass is 16.5. The van der Waals surface area contributed by atoms with E-state index < -0.39 is 5.97 Å². The summed E-state index contributed by atoms with van der Waals surface area (Å²) < 4.78 is 10.9. The van der Waals surface area contributed by atoms with Crippen molar-refractivity contribution in [1.82, 2.24) is 4.90 Å². The lowest BCUT2D eigenvalue weighted by Gasteiger charge is -2.33. The average molecular weight is 397 g/mol. The number of benzene rings is 2. The highest BCUT2D eigenvalue weighted by Crippen LogP contribution is 2.28. The molecule has 1 fully saturated rings. The Kier molecular flexibility index (Phi) is 7.25. The minimum atomic E-state index is -0.934. The van der Waals surface area contributed by atoms with Crippen LogP contribution in [0.5, 0.6) is 5.75 Å². The Labute approximate surface area is 171 Å². The molecular formula is C23H27NO5. The summed E-state index contributed by atoms with van der Waals surface area (Å²) in [6.07, 6.45) is 1.83. The molecule has 6 nitrogen and oxygen atoms in total. The van der Waals surface area contributed by atoms with E-state index in [9.17, 15) is 14.7 Å². The zero-order valence-electron chi connectivity index (χ0n) is 16.7. The first kappa shape index (κ1) is 20.9. The number of piperidine rings is 1. The number of rotatable bonds is 8. The highest BCUT2D eigenvalue weighted by molar-refractivity contribution is 5.94. The van der Waals surface area contributed by atoms with Crippen LogP contribution in [0.4, 0.5) is 0 Å². The predicted molar refractivity (Wildman–Crippen MR) is 110 cm³/mol. The molecule has 2 aromatic rings. The van der Waals surface area contributed by atoms with Crippen LogP contribution in [0.15, 0.2) is 48.5 Å². The van der Waals surface area contributed by atoms with Gasteiger partial charge in [-0.1, -0.05) is 18.2 Å². The van der Waals surface area contributed by atoms with E-state index in [1.165, 1.54) is 0 Å². The maximum Gasteiger partial charge on any atom is 0.335 e. The van der Waals surface area contributed by atoms with Gasteiger partial charge in [0.05, 0.1) is 12.2 Å². The highest BCUT2D eigenvalue weighted by Gasteiger charge is 2.26. The molecule has 0 bridgehead atoms. The van der Waals surface area contributed by atoms with E-state index in [1.807, 2.05) is 30.0 Å². The van der Waals surface area contributed by atoms with Crippen LogP contribution in [0, 0.1) is 0 Å². The van der Waals surface area contributed by atoms with Gasteiger partial charge in [-0.3, -0.25) is 4.79 Å². The van der Waals surface area contributed by atoms with Crippen LogP contribution < -0.4 is 4.74 Å². The molecule has 0 unspecified atom stereocenters. The summed E-state index contributed by atoms with van der Waals surface area (Å²) in [5, 5.41) is 9.23. The first-order chi connectivity index (χ1) is 14.1. The molecule has 0 aliphatic carbocycles. The van der Waals surface area contributed by atoms with Gasteiger partial charge in [-0.25, -0.2) is 4.79 Å². The van der Waals surface area contributed by atoms with E-state index in [0.29, 0.717) is 44.2 Å². The van der Waals surface area contributed by atoms with E-state index in [1.54, 1.807) is 30.3 Å². The second-order valence-electron chi connectivity index (χ2n) is 7.09. The number of nitrogens with zero attached hydrogens (tertiary/aromatic N) is 1. The van der Waals surface area contributed by atoms with Gasteiger partial charge < -0.3 is 19.5 Å². The molecule has 2 aromatic carbocycles. The summed E-state index contributed by atoms with van der Waals surface area (Å²) in [5.74, 6) is -0.174. The molecule has 1 saturated heterocycles. The smallest absolute Gasteiger partial charge is 0.335 e. The van der Waals surface area contributed by atoms with Gasteiger partial charge in [-0.05, 0) is 55.7 Å². The fourth-order valence-corrected chi connectivity index (χ4v) is 3.62. The van der Waals surface area contributed by atoms with Crippen LogP contribution in [-0.2, 0) is 4.74 Å². The molecule has 0 spiro atoms. The molecule has 1 atom stereocenters. The largest absolute Gasteiger partial charge is 0.491 e. The average Bonchev–Trinajstić information content (AvgIpc) is 2.76. The zero-order valence-corrected chi connectivity index (χ0v) is 16.7. The van der Waals surface area contributed by atoms with Gasteiger partial charge in [0, 0.05) is 31.2 Å². The lowest BCUT2D eigenvalue weighted by Crippen LogP contribution is -2.39. The van der Waals surface area contributed by atoms with E-state index in [2.05, 4.69) is 0 Å². The molecule has 154 valence electrons. The third-order valence-corrected chi connectivity index (χ3v) is 5.10. The van der Waals surface area contributed by atoms with Gasteiger partial charge in [-0.2, -0.15) is 0 Å². The van der Waals surface area contributed by atoms with Crippen molar-refractivity contribution in [1.29, 1.82) is 0 Å². The Morgan fingerprint density at radius 3 is 2.69 bits per heavy atom. The van der Waals surface area contributed by atoms with Crippen LogP contribution in [0.3, 0.4) is 0 Å². The number of ether oxygens (including phenoxy) is 2. The molecule has 1 aliphatic heterocycles. The van der Waals surface area contributed by atoms with Gasteiger partial charge in [-0.15, -0.1) is 0 Å². The molecule has 0 radical (unpaired) electrons. The fraction of sp³-hybridized carbons (Fsp3) is 0.391. The van der Waals surface area contributed by atoms with Gasteiger partial charge >= 0.3 is 5.97 Å². The SMILES string of the molecule is CCOCCOc1cccc(C(=O)N2CCC[C@@H](c3cccc(C(=O)O)c3)C2)c1. The molecule has 1 amide bonds. The number of likely N-dealkylation sites (tertiary alicyclic amines) is 1. The standard InChI is InChI=1S/C23H27NO5/c1-2-28-12-13-29-21-10-4-7-18(15-21)22(25)24-11-5-9-20(16-24)17-6-3-8-19(14-17)23(26)27/h3-4,6-8,10,14-15,20H,2,5,9,11-13,16H2,1H3,(H,26,27)/t20-/m1/s1. The third kappa shape index (κ3) is 5.57. The third-order valence-electron chi connectivity index (χ3n) is 5.10.